The predicted octanol–water partition coefficient (Wildman–Crippen LogP) is 4.15. The standard InChI is InChI=1S/C21H13FN2O4S/c1-27-14-5-3-2-4-12(14)17-16-18(25)13-10-11(22)6-7-15(13)28-19(16)20(26)24(17)21-23-8-9-29-21/h2-10,17H,1H3. The van der Waals surface area contributed by atoms with E-state index < -0.39 is 23.2 Å². The van der Waals surface area contributed by atoms with E-state index in [2.05, 4.69) is 4.98 Å². The summed E-state index contributed by atoms with van der Waals surface area (Å²) in [5, 5.41) is 2.25. The van der Waals surface area contributed by atoms with Crippen molar-refractivity contribution in [1.82, 2.24) is 4.98 Å². The van der Waals surface area contributed by atoms with Crippen LogP contribution in [0, 0.1) is 5.82 Å². The van der Waals surface area contributed by atoms with E-state index in [4.69, 9.17) is 9.15 Å². The first kappa shape index (κ1) is 17.6. The largest absolute Gasteiger partial charge is 0.496 e. The Bertz CT molecular complexity index is 1320. The highest BCUT2D eigenvalue weighted by molar-refractivity contribution is 7.13. The van der Waals surface area contributed by atoms with Crippen molar-refractivity contribution in [2.45, 2.75) is 6.04 Å². The van der Waals surface area contributed by atoms with Gasteiger partial charge in [0.1, 0.15) is 23.2 Å². The number of aromatic nitrogens is 1. The fourth-order valence-corrected chi connectivity index (χ4v) is 4.33. The van der Waals surface area contributed by atoms with Gasteiger partial charge in [-0.3, -0.25) is 14.5 Å². The molecule has 0 aliphatic carbocycles. The van der Waals surface area contributed by atoms with Gasteiger partial charge in [-0.25, -0.2) is 9.37 Å². The molecule has 0 spiro atoms. The minimum absolute atomic E-state index is 0.0692. The number of nitrogens with zero attached hydrogens (tertiary/aromatic N) is 2. The van der Waals surface area contributed by atoms with Gasteiger partial charge in [0, 0.05) is 17.1 Å². The van der Waals surface area contributed by atoms with Crippen LogP contribution in [-0.4, -0.2) is 18.0 Å². The maximum atomic E-state index is 13.8. The zero-order valence-electron chi connectivity index (χ0n) is 15.1. The van der Waals surface area contributed by atoms with E-state index in [1.165, 1.54) is 35.5 Å². The molecule has 1 aliphatic heterocycles. The average molecular weight is 408 g/mol. The normalized spacial score (nSPS) is 15.7. The summed E-state index contributed by atoms with van der Waals surface area (Å²) in [4.78, 5) is 32.3. The molecule has 3 heterocycles. The molecular weight excluding hydrogens is 395 g/mol. The second-order valence-electron chi connectivity index (χ2n) is 6.45. The lowest BCUT2D eigenvalue weighted by Crippen LogP contribution is -2.29. The summed E-state index contributed by atoms with van der Waals surface area (Å²) in [7, 11) is 1.52. The summed E-state index contributed by atoms with van der Waals surface area (Å²) < 4.78 is 25.1. The van der Waals surface area contributed by atoms with E-state index in [-0.39, 0.29) is 22.3 Å². The van der Waals surface area contributed by atoms with Crippen molar-refractivity contribution in [1.29, 1.82) is 0 Å². The van der Waals surface area contributed by atoms with Crippen LogP contribution in [-0.2, 0) is 0 Å². The molecule has 1 aliphatic rings. The van der Waals surface area contributed by atoms with Crippen LogP contribution < -0.4 is 15.1 Å². The van der Waals surface area contributed by atoms with Gasteiger partial charge in [0.2, 0.25) is 5.76 Å². The number of methoxy groups -OCH3 is 1. The Kier molecular flexibility index (Phi) is 3.95. The average Bonchev–Trinajstić information content (AvgIpc) is 3.35. The maximum absolute atomic E-state index is 13.8. The van der Waals surface area contributed by atoms with Crippen molar-refractivity contribution in [3.05, 3.63) is 87.0 Å². The number of thiazole rings is 1. The number of carbonyl (C=O) groups excluding carboxylic acids is 1. The van der Waals surface area contributed by atoms with Crippen molar-refractivity contribution in [2.75, 3.05) is 12.0 Å². The number of anilines is 1. The van der Waals surface area contributed by atoms with Crippen molar-refractivity contribution >= 4 is 33.3 Å². The number of amides is 1. The molecule has 6 nitrogen and oxygen atoms in total. The first-order chi connectivity index (χ1) is 14.1. The molecule has 1 amide bonds. The molecule has 2 aromatic heterocycles. The summed E-state index contributed by atoms with van der Waals surface area (Å²) in [6.07, 6.45) is 1.58. The third-order valence-corrected chi connectivity index (χ3v) is 5.66. The lowest BCUT2D eigenvalue weighted by Gasteiger charge is -2.24. The van der Waals surface area contributed by atoms with E-state index in [0.29, 0.717) is 16.4 Å². The molecular formula is C21H13FN2O4S. The summed E-state index contributed by atoms with van der Waals surface area (Å²) in [5.41, 5.74) is 0.459. The summed E-state index contributed by atoms with van der Waals surface area (Å²) in [6.45, 7) is 0. The van der Waals surface area contributed by atoms with Gasteiger partial charge in [0.05, 0.1) is 18.1 Å². The van der Waals surface area contributed by atoms with Crippen LogP contribution in [0.25, 0.3) is 11.0 Å². The number of halogens is 1. The highest BCUT2D eigenvalue weighted by Gasteiger charge is 2.45. The summed E-state index contributed by atoms with van der Waals surface area (Å²) >= 11 is 1.27. The molecule has 29 heavy (non-hydrogen) atoms. The van der Waals surface area contributed by atoms with Crippen LogP contribution >= 0.6 is 11.3 Å². The van der Waals surface area contributed by atoms with Crippen LogP contribution in [0.4, 0.5) is 9.52 Å². The first-order valence-corrected chi connectivity index (χ1v) is 9.60. The smallest absolute Gasteiger partial charge is 0.297 e. The van der Waals surface area contributed by atoms with Gasteiger partial charge in [-0.15, -0.1) is 11.3 Å². The van der Waals surface area contributed by atoms with Crippen LogP contribution in [0.3, 0.4) is 0 Å². The molecule has 2 aromatic carbocycles. The Labute approximate surface area is 167 Å². The fraction of sp³-hybridized carbons (Fsp3) is 0.0952. The first-order valence-electron chi connectivity index (χ1n) is 8.72. The van der Waals surface area contributed by atoms with Gasteiger partial charge in [-0.2, -0.15) is 0 Å². The molecule has 144 valence electrons. The van der Waals surface area contributed by atoms with Gasteiger partial charge >= 0.3 is 0 Å². The second kappa shape index (κ2) is 6.52. The summed E-state index contributed by atoms with van der Waals surface area (Å²) in [6, 6.07) is 9.98. The lowest BCUT2D eigenvalue weighted by molar-refractivity contribution is 0.0971. The van der Waals surface area contributed by atoms with Crippen molar-refractivity contribution in [2.24, 2.45) is 0 Å². The molecule has 1 atom stereocenters. The predicted molar refractivity (Wildman–Crippen MR) is 106 cm³/mol. The van der Waals surface area contributed by atoms with Crippen molar-refractivity contribution in [3.8, 4) is 5.75 Å². The van der Waals surface area contributed by atoms with Gasteiger partial charge in [0.15, 0.2) is 10.6 Å². The number of hydrogen-bond acceptors (Lipinski definition) is 6. The van der Waals surface area contributed by atoms with Crippen LogP contribution in [0.1, 0.15) is 27.7 Å². The van der Waals surface area contributed by atoms with E-state index in [1.54, 1.807) is 35.8 Å². The monoisotopic (exact) mass is 408 g/mol. The van der Waals surface area contributed by atoms with Gasteiger partial charge in [-0.1, -0.05) is 18.2 Å². The Morgan fingerprint density at radius 2 is 2.03 bits per heavy atom. The maximum Gasteiger partial charge on any atom is 0.297 e. The SMILES string of the molecule is COc1ccccc1C1c2c(oc3ccc(F)cc3c2=O)C(=O)N1c1nccs1. The molecule has 0 saturated heterocycles. The quantitative estimate of drug-likeness (QED) is 0.509. The Hall–Kier alpha value is -3.52. The van der Waals surface area contributed by atoms with Gasteiger partial charge in [0.25, 0.3) is 5.91 Å². The molecule has 0 N–H and O–H groups in total. The number of carbonyl (C=O) groups is 1. The third-order valence-electron chi connectivity index (χ3n) is 4.89. The minimum Gasteiger partial charge on any atom is -0.496 e. The van der Waals surface area contributed by atoms with E-state index in [9.17, 15) is 14.0 Å². The molecule has 1 unspecified atom stereocenters. The highest BCUT2D eigenvalue weighted by Crippen LogP contribution is 2.44. The minimum atomic E-state index is -0.802. The van der Waals surface area contributed by atoms with E-state index in [0.717, 1.165) is 6.07 Å². The van der Waals surface area contributed by atoms with E-state index >= 15 is 0 Å². The lowest BCUT2D eigenvalue weighted by atomic mass is 9.98. The number of rotatable bonds is 3. The second-order valence-corrected chi connectivity index (χ2v) is 7.32. The summed E-state index contributed by atoms with van der Waals surface area (Å²) in [5.74, 6) is -0.590. The zero-order chi connectivity index (χ0) is 20.1. The number of benzene rings is 2. The Morgan fingerprint density at radius 3 is 2.79 bits per heavy atom. The third kappa shape index (κ3) is 2.56. The number of para-hydroxylation sites is 1. The molecule has 8 heteroatoms. The molecule has 0 fully saturated rings. The van der Waals surface area contributed by atoms with Crippen LogP contribution in [0.5, 0.6) is 5.75 Å². The Morgan fingerprint density at radius 1 is 1.21 bits per heavy atom. The fourth-order valence-electron chi connectivity index (χ4n) is 3.66. The number of hydrogen-bond donors (Lipinski definition) is 0. The van der Waals surface area contributed by atoms with Crippen LogP contribution in [0.2, 0.25) is 0 Å². The highest BCUT2D eigenvalue weighted by atomic mass is 32.1. The molecule has 5 rings (SSSR count). The van der Waals surface area contributed by atoms with E-state index in [1.807, 2.05) is 0 Å². The topological polar surface area (TPSA) is 72.6 Å². The number of fused-ring (bicyclic) bond motifs is 2. The van der Waals surface area contributed by atoms with Gasteiger partial charge in [-0.05, 0) is 24.3 Å². The molecule has 0 radical (unpaired) electrons. The van der Waals surface area contributed by atoms with Crippen molar-refractivity contribution in [3.63, 3.8) is 0 Å². The Balaban J connectivity index is 1.86. The number of ether oxygens (including phenoxy) is 1. The molecule has 0 saturated carbocycles. The molecule has 0 bridgehead atoms. The zero-order valence-corrected chi connectivity index (χ0v) is 15.9. The van der Waals surface area contributed by atoms with Gasteiger partial charge < -0.3 is 9.15 Å². The molecule has 4 aromatic rings. The van der Waals surface area contributed by atoms with Crippen molar-refractivity contribution < 1.29 is 18.3 Å². The van der Waals surface area contributed by atoms with Crippen LogP contribution in [0.15, 0.2) is 63.3 Å².